The van der Waals surface area contributed by atoms with E-state index < -0.39 is 0 Å². The Kier molecular flexibility index (Phi) is 6.04. The second kappa shape index (κ2) is 8.02. The van der Waals surface area contributed by atoms with E-state index in [2.05, 4.69) is 44.5 Å². The predicted molar refractivity (Wildman–Crippen MR) is 111 cm³/mol. The zero-order valence-corrected chi connectivity index (χ0v) is 18.1. The number of nitrogens with one attached hydrogen (secondary N) is 1. The summed E-state index contributed by atoms with van der Waals surface area (Å²) in [5, 5.41) is 12.8. The number of amides is 1. The molecule has 0 saturated heterocycles. The van der Waals surface area contributed by atoms with Gasteiger partial charge in [0.15, 0.2) is 5.78 Å². The molecule has 0 aliphatic heterocycles. The molecule has 2 N–H and O–H groups in total. The molecule has 5 heteroatoms. The molecule has 3 rings (SSSR count). The summed E-state index contributed by atoms with van der Waals surface area (Å²) < 4.78 is 2.29. The Labute approximate surface area is 168 Å². The third-order valence-corrected chi connectivity index (χ3v) is 6.27. The van der Waals surface area contributed by atoms with Gasteiger partial charge in [-0.25, -0.2) is 0 Å². The van der Waals surface area contributed by atoms with Crippen LogP contribution in [-0.2, 0) is 24.2 Å². The smallest absolute Gasteiger partial charge is 0.224 e. The third kappa shape index (κ3) is 4.51. The van der Waals surface area contributed by atoms with Crippen LogP contribution in [0.5, 0.6) is 0 Å². The highest BCUT2D eigenvalue weighted by atomic mass is 16.3. The highest BCUT2D eigenvalue weighted by molar-refractivity contribution is 6.01. The number of hydrogen-bond acceptors (Lipinski definition) is 3. The second-order valence-corrected chi connectivity index (χ2v) is 10.1. The van der Waals surface area contributed by atoms with Crippen molar-refractivity contribution in [1.82, 2.24) is 9.88 Å². The molecule has 1 amide bonds. The Morgan fingerprint density at radius 1 is 1.21 bits per heavy atom. The van der Waals surface area contributed by atoms with Crippen molar-refractivity contribution < 1.29 is 14.7 Å². The van der Waals surface area contributed by atoms with Crippen molar-refractivity contribution in [3.8, 4) is 0 Å². The zero-order chi connectivity index (χ0) is 20.6. The van der Waals surface area contributed by atoms with E-state index in [-0.39, 0.29) is 35.7 Å². The van der Waals surface area contributed by atoms with Gasteiger partial charge >= 0.3 is 0 Å². The van der Waals surface area contributed by atoms with Gasteiger partial charge in [0.1, 0.15) is 0 Å². The summed E-state index contributed by atoms with van der Waals surface area (Å²) in [5.74, 6) is 0.651. The van der Waals surface area contributed by atoms with E-state index >= 15 is 0 Å². The minimum absolute atomic E-state index is 0.00776. The maximum atomic E-state index is 13.0. The number of Topliss-reactive ketones (excluding diaryl/α,β-unsaturated/α-hetero) is 1. The Balaban J connectivity index is 1.85. The molecule has 0 spiro atoms. The van der Waals surface area contributed by atoms with Gasteiger partial charge in [0.05, 0.1) is 12.5 Å². The summed E-state index contributed by atoms with van der Waals surface area (Å²) in [6, 6.07) is 0.138. The van der Waals surface area contributed by atoms with E-state index in [0.29, 0.717) is 12.3 Å². The summed E-state index contributed by atoms with van der Waals surface area (Å²) in [6.07, 6.45) is 4.61. The number of nitrogens with zero attached hydrogens (tertiary/aromatic N) is 1. The first kappa shape index (κ1) is 21.1. The highest BCUT2D eigenvalue weighted by Gasteiger charge is 2.37. The molecule has 1 saturated carbocycles. The second-order valence-electron chi connectivity index (χ2n) is 10.1. The monoisotopic (exact) mass is 388 g/mol. The molecule has 1 heterocycles. The van der Waals surface area contributed by atoms with Crippen LogP contribution in [0, 0.1) is 18.3 Å². The van der Waals surface area contributed by atoms with Crippen molar-refractivity contribution >= 4 is 11.7 Å². The van der Waals surface area contributed by atoms with Crippen molar-refractivity contribution in [3.05, 3.63) is 22.5 Å². The molecule has 2 aliphatic rings. The van der Waals surface area contributed by atoms with Gasteiger partial charge in [-0.3, -0.25) is 9.59 Å². The summed E-state index contributed by atoms with van der Waals surface area (Å²) in [6.45, 7) is 11.6. The van der Waals surface area contributed by atoms with Gasteiger partial charge in [-0.05, 0) is 55.9 Å². The fourth-order valence-corrected chi connectivity index (χ4v) is 4.90. The summed E-state index contributed by atoms with van der Waals surface area (Å²) in [7, 11) is 0. The van der Waals surface area contributed by atoms with Crippen LogP contribution in [0.15, 0.2) is 0 Å². The number of aliphatic hydroxyl groups is 1. The molecule has 28 heavy (non-hydrogen) atoms. The van der Waals surface area contributed by atoms with E-state index in [9.17, 15) is 14.7 Å². The molecule has 1 fully saturated rings. The maximum absolute atomic E-state index is 13.0. The standard InChI is InChI=1S/C23H36N2O3/c1-14(2)13-25-15(3)18(22-19(25)11-23(4,5)12-20(22)27)10-21(28)24-16-6-8-17(26)9-7-16/h14,16-17,26H,6-13H2,1-5H3,(H,24,28). The molecular weight excluding hydrogens is 352 g/mol. The van der Waals surface area contributed by atoms with Crippen LogP contribution in [0.4, 0.5) is 0 Å². The largest absolute Gasteiger partial charge is 0.393 e. The van der Waals surface area contributed by atoms with Crippen LogP contribution in [0.2, 0.25) is 0 Å². The molecule has 2 aliphatic carbocycles. The van der Waals surface area contributed by atoms with Crippen LogP contribution in [0.1, 0.15) is 87.1 Å². The minimum atomic E-state index is -0.228. The lowest BCUT2D eigenvalue weighted by Gasteiger charge is -2.30. The highest BCUT2D eigenvalue weighted by Crippen LogP contribution is 2.39. The Morgan fingerprint density at radius 3 is 2.46 bits per heavy atom. The third-order valence-electron chi connectivity index (χ3n) is 6.27. The Hall–Kier alpha value is -1.62. The van der Waals surface area contributed by atoms with Crippen molar-refractivity contribution in [2.45, 2.75) is 98.3 Å². The molecule has 1 aromatic heterocycles. The van der Waals surface area contributed by atoms with Gasteiger partial charge in [-0.2, -0.15) is 0 Å². The van der Waals surface area contributed by atoms with Crippen molar-refractivity contribution in [2.75, 3.05) is 0 Å². The average molecular weight is 389 g/mol. The van der Waals surface area contributed by atoms with Crippen molar-refractivity contribution in [3.63, 3.8) is 0 Å². The van der Waals surface area contributed by atoms with E-state index in [0.717, 1.165) is 61.2 Å². The minimum Gasteiger partial charge on any atom is -0.393 e. The lowest BCUT2D eigenvalue weighted by Crippen LogP contribution is -2.39. The number of carbonyl (C=O) groups is 2. The Morgan fingerprint density at radius 2 is 1.86 bits per heavy atom. The average Bonchev–Trinajstić information content (AvgIpc) is 2.81. The van der Waals surface area contributed by atoms with Crippen LogP contribution in [-0.4, -0.2) is 33.5 Å². The zero-order valence-electron chi connectivity index (χ0n) is 18.1. The molecule has 0 atom stereocenters. The van der Waals surface area contributed by atoms with E-state index in [1.165, 1.54) is 0 Å². The van der Waals surface area contributed by atoms with E-state index in [1.807, 2.05) is 0 Å². The normalized spacial score (nSPS) is 24.3. The Bertz CT molecular complexity index is 752. The molecule has 5 nitrogen and oxygen atoms in total. The van der Waals surface area contributed by atoms with Gasteiger partial charge in [0.25, 0.3) is 0 Å². The number of hydrogen-bond donors (Lipinski definition) is 2. The number of aliphatic hydroxyl groups excluding tert-OH is 1. The molecule has 156 valence electrons. The van der Waals surface area contributed by atoms with Crippen LogP contribution < -0.4 is 5.32 Å². The topological polar surface area (TPSA) is 71.3 Å². The molecule has 0 radical (unpaired) electrons. The van der Waals surface area contributed by atoms with E-state index in [1.54, 1.807) is 0 Å². The lowest BCUT2D eigenvalue weighted by molar-refractivity contribution is -0.121. The molecular formula is C23H36N2O3. The van der Waals surface area contributed by atoms with Gasteiger partial charge in [0, 0.05) is 36.0 Å². The molecule has 1 aromatic rings. The summed E-state index contributed by atoms with van der Waals surface area (Å²) in [5.41, 5.74) is 3.89. The number of rotatable bonds is 5. The molecule has 0 aromatic carbocycles. The van der Waals surface area contributed by atoms with Crippen LogP contribution in [0.25, 0.3) is 0 Å². The first-order valence-electron chi connectivity index (χ1n) is 10.8. The lowest BCUT2D eigenvalue weighted by atomic mass is 9.75. The van der Waals surface area contributed by atoms with E-state index in [4.69, 9.17) is 0 Å². The van der Waals surface area contributed by atoms with Gasteiger partial charge in [-0.1, -0.05) is 27.7 Å². The quantitative estimate of drug-likeness (QED) is 0.810. The number of carbonyl (C=O) groups excluding carboxylic acids is 2. The van der Waals surface area contributed by atoms with Gasteiger partial charge in [-0.15, -0.1) is 0 Å². The number of aromatic nitrogens is 1. The summed E-state index contributed by atoms with van der Waals surface area (Å²) >= 11 is 0. The maximum Gasteiger partial charge on any atom is 0.224 e. The van der Waals surface area contributed by atoms with Crippen molar-refractivity contribution in [2.24, 2.45) is 11.3 Å². The SMILES string of the molecule is Cc1c(CC(=O)NC2CCC(O)CC2)c2c(n1CC(C)C)CC(C)(C)CC2=O. The predicted octanol–water partition coefficient (Wildman–Crippen LogP) is 3.57. The fraction of sp³-hybridized carbons (Fsp3) is 0.739. The van der Waals surface area contributed by atoms with Gasteiger partial charge < -0.3 is 15.0 Å². The first-order valence-corrected chi connectivity index (χ1v) is 10.8. The number of fused-ring (bicyclic) bond motifs is 1. The van der Waals surface area contributed by atoms with Gasteiger partial charge in [0.2, 0.25) is 5.91 Å². The molecule has 0 unspecified atom stereocenters. The summed E-state index contributed by atoms with van der Waals surface area (Å²) in [4.78, 5) is 25.8. The fourth-order valence-electron chi connectivity index (χ4n) is 4.90. The van der Waals surface area contributed by atoms with Crippen LogP contribution in [0.3, 0.4) is 0 Å². The van der Waals surface area contributed by atoms with Crippen LogP contribution >= 0.6 is 0 Å². The van der Waals surface area contributed by atoms with Crippen molar-refractivity contribution in [1.29, 1.82) is 0 Å². The first-order chi connectivity index (χ1) is 13.1. The molecule has 0 bridgehead atoms. The number of ketones is 1.